The van der Waals surface area contributed by atoms with Crippen LogP contribution in [0, 0.1) is 5.92 Å². The lowest BCUT2D eigenvalue weighted by molar-refractivity contribution is 0.0478. The van der Waals surface area contributed by atoms with Gasteiger partial charge >= 0.3 is 6.03 Å². The van der Waals surface area contributed by atoms with Crippen molar-refractivity contribution in [3.63, 3.8) is 0 Å². The number of amides is 2. The second-order valence-corrected chi connectivity index (χ2v) is 6.98. The monoisotopic (exact) mass is 299 g/mol. The number of aliphatic hydroxyl groups is 1. The van der Waals surface area contributed by atoms with Gasteiger partial charge in [0, 0.05) is 19.6 Å². The van der Waals surface area contributed by atoms with Crippen LogP contribution < -0.4 is 5.32 Å². The van der Waals surface area contributed by atoms with Crippen LogP contribution in [0.3, 0.4) is 0 Å². The molecule has 0 aromatic heterocycles. The third-order valence-electron chi connectivity index (χ3n) is 3.87. The van der Waals surface area contributed by atoms with E-state index in [1.54, 1.807) is 18.7 Å². The highest BCUT2D eigenvalue weighted by Gasteiger charge is 2.21. The Morgan fingerprint density at radius 2 is 1.95 bits per heavy atom. The van der Waals surface area contributed by atoms with Gasteiger partial charge in [-0.1, -0.05) is 13.3 Å². The highest BCUT2D eigenvalue weighted by atomic mass is 16.3. The Bertz CT molecular complexity index is 309. The van der Waals surface area contributed by atoms with Crippen LogP contribution in [0.15, 0.2) is 0 Å². The Kier molecular flexibility index (Phi) is 7.46. The van der Waals surface area contributed by atoms with E-state index in [1.807, 2.05) is 6.92 Å². The third kappa shape index (κ3) is 7.67. The largest absolute Gasteiger partial charge is 0.389 e. The van der Waals surface area contributed by atoms with Crippen LogP contribution in [0.2, 0.25) is 0 Å². The van der Waals surface area contributed by atoms with Crippen LogP contribution in [-0.4, -0.2) is 65.8 Å². The van der Waals surface area contributed by atoms with Crippen molar-refractivity contribution in [1.29, 1.82) is 0 Å². The summed E-state index contributed by atoms with van der Waals surface area (Å²) in [7, 11) is 0. The number of likely N-dealkylation sites (N-methyl/N-ethyl adjacent to an activating group) is 1. The predicted octanol–water partition coefficient (Wildman–Crippen LogP) is 1.91. The lowest BCUT2D eigenvalue weighted by atomic mass is 10.1. The molecule has 21 heavy (non-hydrogen) atoms. The van der Waals surface area contributed by atoms with E-state index in [9.17, 15) is 9.90 Å². The highest BCUT2D eigenvalue weighted by Crippen LogP contribution is 2.11. The van der Waals surface area contributed by atoms with E-state index < -0.39 is 5.60 Å². The first-order valence-electron chi connectivity index (χ1n) is 8.29. The van der Waals surface area contributed by atoms with Crippen LogP contribution in [0.1, 0.15) is 47.0 Å². The summed E-state index contributed by atoms with van der Waals surface area (Å²) < 4.78 is 0. The van der Waals surface area contributed by atoms with E-state index in [1.165, 1.54) is 32.4 Å². The molecule has 0 aromatic rings. The van der Waals surface area contributed by atoms with Gasteiger partial charge in [0.15, 0.2) is 0 Å². The second-order valence-electron chi connectivity index (χ2n) is 6.98. The molecule has 1 rings (SSSR count). The molecule has 1 fully saturated rings. The fourth-order valence-corrected chi connectivity index (χ4v) is 2.81. The molecule has 1 atom stereocenters. The van der Waals surface area contributed by atoms with Gasteiger partial charge in [0.05, 0.1) is 12.1 Å². The minimum absolute atomic E-state index is 0.0786. The average Bonchev–Trinajstić information content (AvgIpc) is 2.42. The molecule has 2 amide bonds. The van der Waals surface area contributed by atoms with Crippen molar-refractivity contribution in [3.8, 4) is 0 Å². The van der Waals surface area contributed by atoms with Gasteiger partial charge in [0.1, 0.15) is 0 Å². The zero-order valence-electron chi connectivity index (χ0n) is 14.2. The Hall–Kier alpha value is -0.810. The van der Waals surface area contributed by atoms with Crippen LogP contribution in [0.5, 0.6) is 0 Å². The van der Waals surface area contributed by atoms with Gasteiger partial charge in [-0.05, 0) is 52.6 Å². The Balaban J connectivity index is 2.29. The minimum atomic E-state index is -0.854. The van der Waals surface area contributed by atoms with Crippen LogP contribution >= 0.6 is 0 Å². The van der Waals surface area contributed by atoms with E-state index in [0.29, 0.717) is 25.6 Å². The molecule has 5 heteroatoms. The second kappa shape index (κ2) is 8.59. The van der Waals surface area contributed by atoms with E-state index in [4.69, 9.17) is 0 Å². The molecule has 1 saturated heterocycles. The topological polar surface area (TPSA) is 55.8 Å². The standard InChI is InChI=1S/C16H33N3O2/c1-5-19(13-16(3,4)21)15(20)17-11-14(2)12-18-9-7-6-8-10-18/h14,21H,5-13H2,1-4H3,(H,17,20). The predicted molar refractivity (Wildman–Crippen MR) is 86.4 cm³/mol. The first-order valence-corrected chi connectivity index (χ1v) is 8.29. The summed E-state index contributed by atoms with van der Waals surface area (Å²) in [6.07, 6.45) is 3.95. The van der Waals surface area contributed by atoms with Gasteiger partial charge in [-0.2, -0.15) is 0 Å². The summed E-state index contributed by atoms with van der Waals surface area (Å²) in [6.45, 7) is 12.7. The number of nitrogens with zero attached hydrogens (tertiary/aromatic N) is 2. The zero-order chi connectivity index (χ0) is 15.9. The molecule has 124 valence electrons. The SMILES string of the molecule is CCN(CC(C)(C)O)C(=O)NCC(C)CN1CCCCC1. The molecule has 1 aliphatic heterocycles. The van der Waals surface area contributed by atoms with Crippen molar-refractivity contribution in [2.24, 2.45) is 5.92 Å². The molecular weight excluding hydrogens is 266 g/mol. The van der Waals surface area contributed by atoms with Crippen molar-refractivity contribution in [1.82, 2.24) is 15.1 Å². The lowest BCUT2D eigenvalue weighted by Crippen LogP contribution is -2.48. The Morgan fingerprint density at radius 1 is 1.33 bits per heavy atom. The third-order valence-corrected chi connectivity index (χ3v) is 3.87. The first-order chi connectivity index (χ1) is 9.81. The molecule has 1 aliphatic rings. The molecule has 1 heterocycles. The summed E-state index contributed by atoms with van der Waals surface area (Å²) in [5.74, 6) is 0.452. The van der Waals surface area contributed by atoms with Crippen molar-refractivity contribution in [2.45, 2.75) is 52.6 Å². The molecule has 5 nitrogen and oxygen atoms in total. The number of likely N-dealkylation sites (tertiary alicyclic amines) is 1. The summed E-state index contributed by atoms with van der Waals surface area (Å²) in [5.41, 5.74) is -0.854. The summed E-state index contributed by atoms with van der Waals surface area (Å²) in [5, 5.41) is 12.8. The maximum absolute atomic E-state index is 12.1. The molecule has 0 saturated carbocycles. The van der Waals surface area contributed by atoms with Crippen LogP contribution in [0.25, 0.3) is 0 Å². The maximum Gasteiger partial charge on any atom is 0.317 e. The molecule has 0 aliphatic carbocycles. The quantitative estimate of drug-likeness (QED) is 0.755. The van der Waals surface area contributed by atoms with E-state index >= 15 is 0 Å². The van der Waals surface area contributed by atoms with Crippen molar-refractivity contribution < 1.29 is 9.90 Å². The van der Waals surface area contributed by atoms with Gasteiger partial charge in [0.2, 0.25) is 0 Å². The van der Waals surface area contributed by atoms with Gasteiger partial charge in [-0.25, -0.2) is 4.79 Å². The number of piperidine rings is 1. The maximum atomic E-state index is 12.1. The average molecular weight is 299 g/mol. The number of nitrogens with one attached hydrogen (secondary N) is 1. The van der Waals surface area contributed by atoms with Gasteiger partial charge in [-0.3, -0.25) is 0 Å². The zero-order valence-corrected chi connectivity index (χ0v) is 14.2. The molecular formula is C16H33N3O2. The number of carbonyl (C=O) groups excluding carboxylic acids is 1. The summed E-state index contributed by atoms with van der Waals surface area (Å²) in [4.78, 5) is 16.3. The summed E-state index contributed by atoms with van der Waals surface area (Å²) >= 11 is 0. The Labute approximate surface area is 129 Å². The lowest BCUT2D eigenvalue weighted by Gasteiger charge is -2.31. The van der Waals surface area contributed by atoms with Crippen molar-refractivity contribution in [3.05, 3.63) is 0 Å². The molecule has 1 unspecified atom stereocenters. The number of rotatable bonds is 7. The summed E-state index contributed by atoms with van der Waals surface area (Å²) in [6, 6.07) is -0.0786. The molecule has 0 bridgehead atoms. The van der Waals surface area contributed by atoms with E-state index in [2.05, 4.69) is 17.1 Å². The number of urea groups is 1. The highest BCUT2D eigenvalue weighted by molar-refractivity contribution is 5.74. The molecule has 0 aromatic carbocycles. The van der Waals surface area contributed by atoms with E-state index in [0.717, 1.165) is 6.54 Å². The Morgan fingerprint density at radius 3 is 2.48 bits per heavy atom. The van der Waals surface area contributed by atoms with Gasteiger partial charge < -0.3 is 20.2 Å². The normalized spacial score (nSPS) is 18.3. The number of carbonyl (C=O) groups is 1. The number of hydrogen-bond acceptors (Lipinski definition) is 3. The van der Waals surface area contributed by atoms with Crippen LogP contribution in [-0.2, 0) is 0 Å². The van der Waals surface area contributed by atoms with Crippen LogP contribution in [0.4, 0.5) is 4.79 Å². The molecule has 2 N–H and O–H groups in total. The fraction of sp³-hybridized carbons (Fsp3) is 0.938. The minimum Gasteiger partial charge on any atom is -0.389 e. The van der Waals surface area contributed by atoms with Gasteiger partial charge in [0.25, 0.3) is 0 Å². The smallest absolute Gasteiger partial charge is 0.317 e. The van der Waals surface area contributed by atoms with Crippen molar-refractivity contribution in [2.75, 3.05) is 39.3 Å². The first kappa shape index (κ1) is 18.2. The van der Waals surface area contributed by atoms with E-state index in [-0.39, 0.29) is 6.03 Å². The van der Waals surface area contributed by atoms with Gasteiger partial charge in [-0.15, -0.1) is 0 Å². The van der Waals surface area contributed by atoms with Crippen molar-refractivity contribution >= 4 is 6.03 Å². The number of hydrogen-bond donors (Lipinski definition) is 2. The fourth-order valence-electron chi connectivity index (χ4n) is 2.81. The molecule has 0 radical (unpaired) electrons. The molecule has 0 spiro atoms.